The van der Waals surface area contributed by atoms with Crippen molar-refractivity contribution in [3.63, 3.8) is 0 Å². The third kappa shape index (κ3) is 4.70. The summed E-state index contributed by atoms with van der Waals surface area (Å²) >= 11 is 0. The highest BCUT2D eigenvalue weighted by atomic mass is 15.0. The van der Waals surface area contributed by atoms with E-state index in [0.29, 0.717) is 17.5 Å². The second-order valence-electron chi connectivity index (χ2n) is 12.0. The maximum absolute atomic E-state index is 5.00. The Bertz CT molecular complexity index is 2540. The Hall–Kier alpha value is -6.26. The first kappa shape index (κ1) is 27.1. The Morgan fingerprint density at radius 3 is 1.66 bits per heavy atom. The lowest BCUT2D eigenvalue weighted by Gasteiger charge is -2.14. The molecule has 220 valence electrons. The lowest BCUT2D eigenvalue weighted by atomic mass is 9.90. The lowest BCUT2D eigenvalue weighted by Crippen LogP contribution is -2.01. The summed E-state index contributed by atoms with van der Waals surface area (Å²) in [4.78, 5) is 19.2. The number of hydrogen-bond acceptors (Lipinski definition) is 4. The molecule has 0 aliphatic heterocycles. The van der Waals surface area contributed by atoms with E-state index in [1.807, 2.05) is 24.4 Å². The third-order valence-electron chi connectivity index (χ3n) is 9.14. The summed E-state index contributed by atoms with van der Waals surface area (Å²) in [5, 5.41) is 7.72. The minimum atomic E-state index is 0.641. The van der Waals surface area contributed by atoms with Gasteiger partial charge in [0.15, 0.2) is 17.5 Å². The van der Waals surface area contributed by atoms with Crippen LogP contribution in [0.5, 0.6) is 0 Å². The van der Waals surface area contributed by atoms with Crippen molar-refractivity contribution in [2.45, 2.75) is 6.92 Å². The number of hydrogen-bond donors (Lipinski definition) is 0. The van der Waals surface area contributed by atoms with Gasteiger partial charge in [-0.2, -0.15) is 0 Å². The van der Waals surface area contributed by atoms with Gasteiger partial charge >= 0.3 is 0 Å². The number of rotatable bonds is 5. The van der Waals surface area contributed by atoms with Crippen LogP contribution in [0.1, 0.15) is 5.56 Å². The van der Waals surface area contributed by atoms with E-state index < -0.39 is 0 Å². The van der Waals surface area contributed by atoms with Crippen LogP contribution in [0, 0.1) is 6.92 Å². The normalized spacial score (nSPS) is 11.5. The smallest absolute Gasteiger partial charge is 0.164 e. The van der Waals surface area contributed by atoms with E-state index in [1.165, 1.54) is 37.9 Å². The summed E-state index contributed by atoms with van der Waals surface area (Å²) < 4.78 is 0. The Kier molecular flexibility index (Phi) is 6.32. The molecule has 9 rings (SSSR count). The molecule has 0 aliphatic rings. The molecule has 0 aliphatic carbocycles. The molecule has 0 radical (unpaired) electrons. The van der Waals surface area contributed by atoms with E-state index in [-0.39, 0.29) is 0 Å². The van der Waals surface area contributed by atoms with Gasteiger partial charge in [0.2, 0.25) is 0 Å². The van der Waals surface area contributed by atoms with Crippen molar-refractivity contribution in [1.82, 2.24) is 19.9 Å². The van der Waals surface area contributed by atoms with Gasteiger partial charge in [0, 0.05) is 29.1 Å². The maximum atomic E-state index is 5.00. The van der Waals surface area contributed by atoms with Gasteiger partial charge in [0.1, 0.15) is 0 Å². The van der Waals surface area contributed by atoms with Gasteiger partial charge in [-0.1, -0.05) is 133 Å². The van der Waals surface area contributed by atoms with Crippen molar-refractivity contribution in [3.05, 3.63) is 157 Å². The molecule has 0 saturated carbocycles. The fourth-order valence-electron chi connectivity index (χ4n) is 6.71. The molecule has 2 heterocycles. The van der Waals surface area contributed by atoms with E-state index in [9.17, 15) is 0 Å². The highest BCUT2D eigenvalue weighted by Gasteiger charge is 2.15. The zero-order chi connectivity index (χ0) is 31.3. The molecule has 4 nitrogen and oxygen atoms in total. The minimum absolute atomic E-state index is 0.641. The van der Waals surface area contributed by atoms with Crippen molar-refractivity contribution >= 4 is 32.3 Å². The van der Waals surface area contributed by atoms with Gasteiger partial charge in [-0.3, -0.25) is 4.98 Å². The molecule has 9 aromatic rings. The van der Waals surface area contributed by atoms with Crippen LogP contribution in [0.2, 0.25) is 0 Å². The molecule has 7 aromatic carbocycles. The van der Waals surface area contributed by atoms with Crippen LogP contribution in [0.25, 0.3) is 88.7 Å². The van der Waals surface area contributed by atoms with E-state index >= 15 is 0 Å². The molecule has 0 spiro atoms. The van der Waals surface area contributed by atoms with Gasteiger partial charge in [0.25, 0.3) is 0 Å². The Labute approximate surface area is 272 Å². The first-order valence-corrected chi connectivity index (χ1v) is 15.8. The van der Waals surface area contributed by atoms with E-state index in [2.05, 4.69) is 133 Å². The number of pyridine rings is 1. The van der Waals surface area contributed by atoms with Crippen LogP contribution in [-0.2, 0) is 0 Å². The first-order valence-electron chi connectivity index (χ1n) is 15.8. The highest BCUT2D eigenvalue weighted by Crippen LogP contribution is 2.39. The van der Waals surface area contributed by atoms with Gasteiger partial charge < -0.3 is 0 Å². The SMILES string of the molecule is Cc1ccccc1-c1nc(-c2ccc(-c3cccnc3)cc2)nc(-c2ccc(-c3ccc4ccc5cccc6ccc3c4c56)cc2)n1. The zero-order valence-electron chi connectivity index (χ0n) is 25.7. The standard InChI is InChI=1S/C43H28N4/c1-27-6-2-3-10-36(27)43-46-41(33-17-11-28(12-18-33)35-9-5-25-44-26-35)45-42(47-43)34-19-13-29(14-20-34)37-23-21-32-16-15-30-7-4-8-31-22-24-38(37)40(32)39(30)31/h2-26H,1H3. The molecule has 0 atom stereocenters. The fourth-order valence-corrected chi connectivity index (χ4v) is 6.71. The van der Waals surface area contributed by atoms with E-state index in [4.69, 9.17) is 15.0 Å². The van der Waals surface area contributed by atoms with Crippen LogP contribution in [0.4, 0.5) is 0 Å². The van der Waals surface area contributed by atoms with Crippen LogP contribution >= 0.6 is 0 Å². The molecule has 47 heavy (non-hydrogen) atoms. The number of aromatic nitrogens is 4. The quantitative estimate of drug-likeness (QED) is 0.184. The van der Waals surface area contributed by atoms with Crippen LogP contribution in [0.15, 0.2) is 152 Å². The summed E-state index contributed by atoms with van der Waals surface area (Å²) in [5.41, 5.74) is 8.53. The molecule has 0 unspecified atom stereocenters. The number of aryl methyl sites for hydroxylation is 1. The molecule has 0 amide bonds. The topological polar surface area (TPSA) is 51.6 Å². The average molecular weight is 601 g/mol. The molecule has 0 fully saturated rings. The molecule has 0 N–H and O–H groups in total. The van der Waals surface area contributed by atoms with Gasteiger partial charge in [0.05, 0.1) is 0 Å². The van der Waals surface area contributed by atoms with Gasteiger partial charge in [-0.15, -0.1) is 0 Å². The second-order valence-corrected chi connectivity index (χ2v) is 12.0. The second kappa shape index (κ2) is 11.0. The number of nitrogens with zero attached hydrogens (tertiary/aromatic N) is 4. The fraction of sp³-hybridized carbons (Fsp3) is 0.0233. The summed E-state index contributed by atoms with van der Waals surface area (Å²) in [6.07, 6.45) is 3.66. The van der Waals surface area contributed by atoms with Gasteiger partial charge in [-0.05, 0) is 73.1 Å². The molecule has 0 saturated heterocycles. The Morgan fingerprint density at radius 1 is 0.383 bits per heavy atom. The predicted octanol–water partition coefficient (Wildman–Crippen LogP) is 10.8. The predicted molar refractivity (Wildman–Crippen MR) is 193 cm³/mol. The van der Waals surface area contributed by atoms with Crippen LogP contribution < -0.4 is 0 Å². The third-order valence-corrected chi connectivity index (χ3v) is 9.14. The largest absolute Gasteiger partial charge is 0.264 e. The molecule has 4 heteroatoms. The van der Waals surface area contributed by atoms with Crippen molar-refractivity contribution < 1.29 is 0 Å². The van der Waals surface area contributed by atoms with E-state index in [0.717, 1.165) is 38.9 Å². The monoisotopic (exact) mass is 600 g/mol. The summed E-state index contributed by atoms with van der Waals surface area (Å²) in [7, 11) is 0. The van der Waals surface area contributed by atoms with Gasteiger partial charge in [-0.25, -0.2) is 15.0 Å². The lowest BCUT2D eigenvalue weighted by molar-refractivity contribution is 1.07. The minimum Gasteiger partial charge on any atom is -0.264 e. The first-order chi connectivity index (χ1) is 23.2. The summed E-state index contributed by atoms with van der Waals surface area (Å²) in [5.74, 6) is 1.95. The Balaban J connectivity index is 1.14. The summed E-state index contributed by atoms with van der Waals surface area (Å²) in [6.45, 7) is 2.09. The van der Waals surface area contributed by atoms with Crippen molar-refractivity contribution in [2.24, 2.45) is 0 Å². The van der Waals surface area contributed by atoms with Crippen molar-refractivity contribution in [1.29, 1.82) is 0 Å². The average Bonchev–Trinajstić information content (AvgIpc) is 3.14. The highest BCUT2D eigenvalue weighted by molar-refractivity contribution is 6.25. The Morgan fingerprint density at radius 2 is 0.979 bits per heavy atom. The molecular weight excluding hydrogens is 573 g/mol. The van der Waals surface area contributed by atoms with Crippen molar-refractivity contribution in [3.8, 4) is 56.4 Å². The molecule has 2 aromatic heterocycles. The van der Waals surface area contributed by atoms with Crippen LogP contribution in [0.3, 0.4) is 0 Å². The summed E-state index contributed by atoms with van der Waals surface area (Å²) in [6, 6.07) is 49.1. The zero-order valence-corrected chi connectivity index (χ0v) is 25.7. The maximum Gasteiger partial charge on any atom is 0.164 e. The molecule has 0 bridgehead atoms. The van der Waals surface area contributed by atoms with Crippen LogP contribution in [-0.4, -0.2) is 19.9 Å². The van der Waals surface area contributed by atoms with Crippen molar-refractivity contribution in [2.75, 3.05) is 0 Å². The number of benzene rings is 7. The molecular formula is C43H28N4. The van der Waals surface area contributed by atoms with E-state index in [1.54, 1.807) is 6.20 Å².